The highest BCUT2D eigenvalue weighted by Crippen LogP contribution is 2.47. The molecule has 1 aliphatic carbocycles. The van der Waals surface area contributed by atoms with Crippen LogP contribution in [0.5, 0.6) is 0 Å². The molecule has 0 spiro atoms. The van der Waals surface area contributed by atoms with Crippen molar-refractivity contribution < 1.29 is 0 Å². The van der Waals surface area contributed by atoms with E-state index in [-0.39, 0.29) is 0 Å². The molecule has 43 heavy (non-hydrogen) atoms. The fraction of sp³-hybridized carbons (Fsp3) is 0.0732. The minimum Gasteiger partial charge on any atom is -0.313 e. The first-order valence-electron chi connectivity index (χ1n) is 15.1. The average Bonchev–Trinajstić information content (AvgIpc) is 3.07. The van der Waals surface area contributed by atoms with Crippen molar-refractivity contribution in [3.8, 4) is 0 Å². The van der Waals surface area contributed by atoms with E-state index in [1.54, 1.807) is 0 Å². The minimum atomic E-state index is 0.417. The Morgan fingerprint density at radius 1 is 0.488 bits per heavy atom. The zero-order chi connectivity index (χ0) is 28.8. The van der Waals surface area contributed by atoms with Gasteiger partial charge in [0.25, 0.3) is 0 Å². The molecule has 0 radical (unpaired) electrons. The van der Waals surface area contributed by atoms with Gasteiger partial charge in [-0.1, -0.05) is 110 Å². The first-order chi connectivity index (χ1) is 21.3. The Morgan fingerprint density at radius 2 is 0.930 bits per heavy atom. The summed E-state index contributed by atoms with van der Waals surface area (Å²) in [5.74, 6) is 0.417. The molecule has 206 valence electrons. The van der Waals surface area contributed by atoms with Gasteiger partial charge in [-0.05, 0) is 82.6 Å². The van der Waals surface area contributed by atoms with E-state index in [9.17, 15) is 0 Å². The summed E-state index contributed by atoms with van der Waals surface area (Å²) in [7, 11) is 0. The van der Waals surface area contributed by atoms with E-state index in [0.717, 1.165) is 17.8 Å². The quantitative estimate of drug-likeness (QED) is 0.189. The van der Waals surface area contributed by atoms with Crippen molar-refractivity contribution in [3.05, 3.63) is 163 Å². The second-order valence-electron chi connectivity index (χ2n) is 11.4. The lowest BCUT2D eigenvalue weighted by Crippen LogP contribution is -2.22. The van der Waals surface area contributed by atoms with Crippen LogP contribution in [0.4, 0.5) is 28.4 Å². The molecule has 1 atom stereocenters. The van der Waals surface area contributed by atoms with Gasteiger partial charge < -0.3 is 9.80 Å². The maximum atomic E-state index is 2.47. The molecule has 2 nitrogen and oxygen atoms in total. The summed E-state index contributed by atoms with van der Waals surface area (Å²) < 4.78 is 0. The molecule has 0 aromatic heterocycles. The molecule has 0 bridgehead atoms. The van der Waals surface area contributed by atoms with Crippen molar-refractivity contribution in [2.75, 3.05) is 9.80 Å². The molecule has 0 aliphatic heterocycles. The van der Waals surface area contributed by atoms with Crippen LogP contribution >= 0.6 is 0 Å². The molecule has 0 saturated heterocycles. The largest absolute Gasteiger partial charge is 0.313 e. The summed E-state index contributed by atoms with van der Waals surface area (Å²) in [5.41, 5.74) is 7.19. The lowest BCUT2D eigenvalue weighted by atomic mass is 9.91. The number of anilines is 5. The number of hydrogen-bond donors (Lipinski definition) is 0. The minimum absolute atomic E-state index is 0.417. The maximum absolute atomic E-state index is 2.47. The Morgan fingerprint density at radius 3 is 1.42 bits per heavy atom. The third-order valence-corrected chi connectivity index (χ3v) is 8.80. The highest BCUT2D eigenvalue weighted by molar-refractivity contribution is 6.28. The van der Waals surface area contributed by atoms with Gasteiger partial charge in [-0.3, -0.25) is 0 Å². The number of rotatable bonds is 6. The molecular formula is C41H32N2. The molecule has 2 heteroatoms. The third-order valence-electron chi connectivity index (χ3n) is 8.80. The molecule has 7 aromatic carbocycles. The van der Waals surface area contributed by atoms with Crippen LogP contribution in [0.1, 0.15) is 13.3 Å². The van der Waals surface area contributed by atoms with Crippen LogP contribution < -0.4 is 9.80 Å². The first kappa shape index (κ1) is 25.4. The normalized spacial score (nSPS) is 14.8. The van der Waals surface area contributed by atoms with Gasteiger partial charge >= 0.3 is 0 Å². The molecule has 0 unspecified atom stereocenters. The van der Waals surface area contributed by atoms with Gasteiger partial charge in [-0.25, -0.2) is 0 Å². The zero-order valence-electron chi connectivity index (χ0n) is 24.2. The van der Waals surface area contributed by atoms with Gasteiger partial charge in [0.1, 0.15) is 0 Å². The van der Waals surface area contributed by atoms with Crippen molar-refractivity contribution in [1.29, 1.82) is 0 Å². The smallest absolute Gasteiger partial charge is 0.0540 e. The Hall–Kier alpha value is -5.34. The Balaban J connectivity index is 1.41. The first-order valence-corrected chi connectivity index (χ1v) is 15.1. The van der Waals surface area contributed by atoms with Gasteiger partial charge in [0, 0.05) is 39.4 Å². The van der Waals surface area contributed by atoms with E-state index < -0.39 is 0 Å². The molecule has 8 rings (SSSR count). The number of allylic oxidation sites excluding steroid dienone is 4. The van der Waals surface area contributed by atoms with E-state index in [1.807, 2.05) is 0 Å². The second-order valence-corrected chi connectivity index (χ2v) is 11.4. The average molecular weight is 553 g/mol. The predicted molar refractivity (Wildman–Crippen MR) is 184 cm³/mol. The summed E-state index contributed by atoms with van der Waals surface area (Å²) in [6, 6.07) is 50.6. The number of para-hydroxylation sites is 3. The Bertz CT molecular complexity index is 2070. The van der Waals surface area contributed by atoms with E-state index in [2.05, 4.69) is 174 Å². The maximum Gasteiger partial charge on any atom is 0.0540 e. The van der Waals surface area contributed by atoms with Gasteiger partial charge in [-0.2, -0.15) is 0 Å². The molecule has 1 aliphatic rings. The number of hydrogen-bond acceptors (Lipinski definition) is 2. The summed E-state index contributed by atoms with van der Waals surface area (Å²) in [5, 5.41) is 7.67. The topological polar surface area (TPSA) is 6.48 Å². The molecule has 0 N–H and O–H groups in total. The van der Waals surface area contributed by atoms with E-state index >= 15 is 0 Å². The van der Waals surface area contributed by atoms with Gasteiger partial charge in [-0.15, -0.1) is 0 Å². The van der Waals surface area contributed by atoms with E-state index in [1.165, 1.54) is 55.1 Å². The van der Waals surface area contributed by atoms with Crippen molar-refractivity contribution in [3.63, 3.8) is 0 Å². The van der Waals surface area contributed by atoms with Crippen LogP contribution in [-0.2, 0) is 0 Å². The van der Waals surface area contributed by atoms with Crippen molar-refractivity contribution in [2.45, 2.75) is 13.3 Å². The van der Waals surface area contributed by atoms with Crippen LogP contribution in [0.3, 0.4) is 0 Å². The second kappa shape index (κ2) is 10.5. The van der Waals surface area contributed by atoms with Crippen LogP contribution in [0, 0.1) is 5.92 Å². The fourth-order valence-corrected chi connectivity index (χ4v) is 6.78. The number of nitrogens with zero attached hydrogens (tertiary/aromatic N) is 2. The molecule has 0 fully saturated rings. The standard InChI is InChI=1S/C41H32N2/c1-29-13-11-12-20-37(29)43(34-18-9-4-10-19-34)39-28-24-31-21-25-35-38(27-23-30-22-26-36(39)41(31)40(30)35)42(32-14-5-2-6-15-32)33-16-7-3-8-17-33/h2-12,14-29H,13H2,1H3/t29-/m0/s1. The molecule has 0 amide bonds. The van der Waals surface area contributed by atoms with Crippen LogP contribution in [0.2, 0.25) is 0 Å². The molecule has 0 heterocycles. The lowest BCUT2D eigenvalue weighted by molar-refractivity contribution is 0.670. The van der Waals surface area contributed by atoms with Crippen LogP contribution in [-0.4, -0.2) is 0 Å². The summed E-state index contributed by atoms with van der Waals surface area (Å²) in [6.07, 6.45) is 7.80. The molecular weight excluding hydrogens is 520 g/mol. The fourth-order valence-electron chi connectivity index (χ4n) is 6.78. The zero-order valence-corrected chi connectivity index (χ0v) is 24.2. The summed E-state index contributed by atoms with van der Waals surface area (Å²) in [4.78, 5) is 4.85. The van der Waals surface area contributed by atoms with Crippen molar-refractivity contribution in [2.24, 2.45) is 5.92 Å². The summed E-state index contributed by atoms with van der Waals surface area (Å²) in [6.45, 7) is 2.33. The highest BCUT2D eigenvalue weighted by Gasteiger charge is 2.24. The van der Waals surface area contributed by atoms with E-state index in [0.29, 0.717) is 5.92 Å². The summed E-state index contributed by atoms with van der Waals surface area (Å²) >= 11 is 0. The van der Waals surface area contributed by atoms with Crippen LogP contribution in [0.25, 0.3) is 32.3 Å². The van der Waals surface area contributed by atoms with Gasteiger partial charge in [0.05, 0.1) is 11.4 Å². The van der Waals surface area contributed by atoms with E-state index in [4.69, 9.17) is 0 Å². The molecule has 0 saturated carbocycles. The Kier molecular flexibility index (Phi) is 6.19. The van der Waals surface area contributed by atoms with Gasteiger partial charge in [0.15, 0.2) is 0 Å². The SMILES string of the molecule is C[C@H]1CC=CC=C1N(c1ccccc1)c1ccc2ccc3c(N(c4ccccc4)c4ccccc4)ccc4ccc1c2c43. The molecule has 7 aromatic rings. The third kappa shape index (κ3) is 4.26. The monoisotopic (exact) mass is 552 g/mol. The van der Waals surface area contributed by atoms with Crippen molar-refractivity contribution in [1.82, 2.24) is 0 Å². The predicted octanol–water partition coefficient (Wildman–Crippen LogP) is 11.7. The Labute approximate surface area is 252 Å². The lowest BCUT2D eigenvalue weighted by Gasteiger charge is -2.33. The van der Waals surface area contributed by atoms with Gasteiger partial charge in [0.2, 0.25) is 0 Å². The van der Waals surface area contributed by atoms with Crippen LogP contribution in [0.15, 0.2) is 163 Å². The number of benzene rings is 7. The van der Waals surface area contributed by atoms with Crippen molar-refractivity contribution >= 4 is 60.8 Å². The highest BCUT2D eigenvalue weighted by atomic mass is 15.2.